The second kappa shape index (κ2) is 5.87. The van der Waals surface area contributed by atoms with Gasteiger partial charge in [-0.1, -0.05) is 0 Å². The maximum atomic E-state index is 11.2. The van der Waals surface area contributed by atoms with E-state index in [1.807, 2.05) is 6.07 Å². The minimum absolute atomic E-state index is 0.216. The summed E-state index contributed by atoms with van der Waals surface area (Å²) < 4.78 is 4.97. The van der Waals surface area contributed by atoms with Gasteiger partial charge in [-0.2, -0.15) is 5.26 Å². The molecular weight excluding hydrogens is 194 g/mol. The maximum Gasteiger partial charge on any atom is 0.408 e. The van der Waals surface area contributed by atoms with Crippen molar-refractivity contribution in [2.75, 3.05) is 6.54 Å². The van der Waals surface area contributed by atoms with Gasteiger partial charge >= 0.3 is 6.09 Å². The molecule has 0 saturated heterocycles. The summed E-state index contributed by atoms with van der Waals surface area (Å²) in [6.45, 7) is 12.0. The van der Waals surface area contributed by atoms with Crippen LogP contribution in [0.4, 0.5) is 4.79 Å². The van der Waals surface area contributed by atoms with Crippen LogP contribution in [0.1, 0.15) is 27.2 Å². The van der Waals surface area contributed by atoms with Crippen LogP contribution in [0.3, 0.4) is 0 Å². The molecule has 82 valence electrons. The predicted octanol–water partition coefficient (Wildman–Crippen LogP) is 1.71. The van der Waals surface area contributed by atoms with Gasteiger partial charge in [0, 0.05) is 0 Å². The van der Waals surface area contributed by atoms with E-state index in [9.17, 15) is 4.79 Å². The van der Waals surface area contributed by atoms with Crippen molar-refractivity contribution in [3.8, 4) is 6.07 Å². The Bertz CT molecular complexity index is 293. The average Bonchev–Trinajstić information content (AvgIpc) is 2.09. The van der Waals surface area contributed by atoms with E-state index in [0.717, 1.165) is 0 Å². The molecule has 0 aromatic carbocycles. The van der Waals surface area contributed by atoms with Crippen LogP contribution in [0.15, 0.2) is 0 Å². The van der Waals surface area contributed by atoms with Crippen molar-refractivity contribution < 1.29 is 9.53 Å². The Labute approximate surface area is 89.8 Å². The van der Waals surface area contributed by atoms with Crippen LogP contribution in [0.2, 0.25) is 0 Å². The molecule has 5 nitrogen and oxygen atoms in total. The van der Waals surface area contributed by atoms with Crippen LogP contribution in [0, 0.1) is 17.9 Å². The van der Waals surface area contributed by atoms with E-state index in [-0.39, 0.29) is 6.54 Å². The first kappa shape index (κ1) is 13.2. The Morgan fingerprint density at radius 1 is 1.67 bits per heavy atom. The molecule has 0 aliphatic rings. The van der Waals surface area contributed by atoms with Gasteiger partial charge in [-0.05, 0) is 20.8 Å². The van der Waals surface area contributed by atoms with Gasteiger partial charge in [0.05, 0.1) is 12.5 Å². The van der Waals surface area contributed by atoms with Crippen LogP contribution in [0.25, 0.3) is 4.85 Å². The fraction of sp³-hybridized carbons (Fsp3) is 0.700. The molecule has 0 rings (SSSR count). The summed E-state index contributed by atoms with van der Waals surface area (Å²) in [6, 6.07) is 1.24. The number of amides is 1. The Morgan fingerprint density at radius 3 is 2.67 bits per heavy atom. The van der Waals surface area contributed by atoms with Crippen molar-refractivity contribution in [2.45, 2.75) is 38.8 Å². The fourth-order valence-electron chi connectivity index (χ4n) is 0.812. The molecule has 1 amide bonds. The molecule has 0 spiro atoms. The molecule has 15 heavy (non-hydrogen) atoms. The minimum Gasteiger partial charge on any atom is -0.444 e. The summed E-state index contributed by atoms with van der Waals surface area (Å²) in [5.74, 6) is 0. The summed E-state index contributed by atoms with van der Waals surface area (Å²) in [6.07, 6.45) is -0.307. The Kier molecular flexibility index (Phi) is 5.19. The highest BCUT2D eigenvalue weighted by atomic mass is 16.6. The van der Waals surface area contributed by atoms with Crippen LogP contribution in [-0.4, -0.2) is 24.3 Å². The highest BCUT2D eigenvalue weighted by molar-refractivity contribution is 5.68. The molecule has 1 atom stereocenters. The molecule has 0 heterocycles. The summed E-state index contributed by atoms with van der Waals surface area (Å²) in [4.78, 5) is 14.3. The molecule has 1 N–H and O–H groups in total. The summed E-state index contributed by atoms with van der Waals surface area (Å²) >= 11 is 0. The molecule has 0 saturated carbocycles. The molecule has 0 aliphatic heterocycles. The first-order chi connectivity index (χ1) is 6.89. The van der Waals surface area contributed by atoms with E-state index in [1.54, 1.807) is 20.8 Å². The number of carbonyl (C=O) groups is 1. The Balaban J connectivity index is 4.05. The number of nitrogens with one attached hydrogen (secondary N) is 1. The number of nitrogens with zero attached hydrogens (tertiary/aromatic N) is 2. The first-order valence-electron chi connectivity index (χ1n) is 4.61. The normalized spacial score (nSPS) is 12.1. The SMILES string of the molecule is [C-]#[N+]CC[C@@H](C#N)NC(=O)OC(C)(C)C. The smallest absolute Gasteiger partial charge is 0.408 e. The lowest BCUT2D eigenvalue weighted by Gasteiger charge is -2.20. The molecule has 0 bridgehead atoms. The van der Waals surface area contributed by atoms with E-state index in [0.29, 0.717) is 6.42 Å². The zero-order chi connectivity index (χ0) is 11.9. The van der Waals surface area contributed by atoms with Crippen LogP contribution >= 0.6 is 0 Å². The third kappa shape index (κ3) is 7.33. The molecule has 0 aromatic heterocycles. The highest BCUT2D eigenvalue weighted by Gasteiger charge is 2.19. The van der Waals surface area contributed by atoms with E-state index < -0.39 is 17.7 Å². The van der Waals surface area contributed by atoms with Gasteiger partial charge in [-0.3, -0.25) is 0 Å². The molecule has 0 aliphatic carbocycles. The minimum atomic E-state index is -0.658. The largest absolute Gasteiger partial charge is 0.444 e. The molecule has 0 aromatic rings. The fourth-order valence-corrected chi connectivity index (χ4v) is 0.812. The Morgan fingerprint density at radius 2 is 2.27 bits per heavy atom. The standard InChI is InChI=1S/C10H15N3O2/c1-10(2,3)15-9(14)13-8(7-11)5-6-12-4/h8H,5-6H2,1-3H3,(H,13,14)/t8-/m0/s1. The second-order valence-electron chi connectivity index (χ2n) is 4.00. The van der Waals surface area contributed by atoms with Crippen molar-refractivity contribution in [3.63, 3.8) is 0 Å². The van der Waals surface area contributed by atoms with Crippen LogP contribution < -0.4 is 5.32 Å². The molecule has 0 radical (unpaired) electrons. The average molecular weight is 209 g/mol. The lowest BCUT2D eigenvalue weighted by Crippen LogP contribution is -2.38. The quantitative estimate of drug-likeness (QED) is 0.719. The number of rotatable bonds is 3. The summed E-state index contributed by atoms with van der Waals surface area (Å²) in [5, 5.41) is 11.1. The highest BCUT2D eigenvalue weighted by Crippen LogP contribution is 2.07. The van der Waals surface area contributed by atoms with Crippen LogP contribution in [-0.2, 0) is 4.74 Å². The molecule has 0 fully saturated rings. The van der Waals surface area contributed by atoms with Gasteiger partial charge in [0.15, 0.2) is 0 Å². The van der Waals surface area contributed by atoms with Gasteiger partial charge in [0.1, 0.15) is 11.6 Å². The third-order valence-corrected chi connectivity index (χ3v) is 1.38. The number of hydrogen-bond acceptors (Lipinski definition) is 3. The topological polar surface area (TPSA) is 66.5 Å². The number of carbonyl (C=O) groups excluding carboxylic acids is 1. The zero-order valence-electron chi connectivity index (χ0n) is 9.20. The number of hydrogen-bond donors (Lipinski definition) is 1. The maximum absolute atomic E-state index is 11.2. The van der Waals surface area contributed by atoms with Crippen LogP contribution in [0.5, 0.6) is 0 Å². The predicted molar refractivity (Wildman–Crippen MR) is 54.9 cm³/mol. The third-order valence-electron chi connectivity index (χ3n) is 1.38. The lowest BCUT2D eigenvalue weighted by atomic mass is 10.2. The zero-order valence-corrected chi connectivity index (χ0v) is 9.20. The first-order valence-corrected chi connectivity index (χ1v) is 4.61. The summed E-state index contributed by atoms with van der Waals surface area (Å²) in [7, 11) is 0. The molecule has 0 unspecified atom stereocenters. The van der Waals surface area contributed by atoms with Gasteiger partial charge in [0.2, 0.25) is 6.54 Å². The van der Waals surface area contributed by atoms with Crippen molar-refractivity contribution in [3.05, 3.63) is 11.4 Å². The second-order valence-corrected chi connectivity index (χ2v) is 4.00. The number of alkyl carbamates (subject to hydrolysis) is 1. The molecule has 5 heteroatoms. The van der Waals surface area contributed by atoms with Crippen molar-refractivity contribution in [1.82, 2.24) is 5.32 Å². The van der Waals surface area contributed by atoms with E-state index in [4.69, 9.17) is 16.6 Å². The number of nitriles is 1. The lowest BCUT2D eigenvalue weighted by molar-refractivity contribution is 0.0515. The van der Waals surface area contributed by atoms with Gasteiger partial charge in [-0.25, -0.2) is 11.4 Å². The van der Waals surface area contributed by atoms with Gasteiger partial charge < -0.3 is 14.9 Å². The Hall–Kier alpha value is -1.75. The van der Waals surface area contributed by atoms with E-state index >= 15 is 0 Å². The van der Waals surface area contributed by atoms with E-state index in [1.165, 1.54) is 0 Å². The van der Waals surface area contributed by atoms with Crippen molar-refractivity contribution >= 4 is 6.09 Å². The summed E-state index contributed by atoms with van der Waals surface area (Å²) in [5.41, 5.74) is -0.579. The van der Waals surface area contributed by atoms with Crippen molar-refractivity contribution in [2.24, 2.45) is 0 Å². The van der Waals surface area contributed by atoms with E-state index in [2.05, 4.69) is 10.2 Å². The molecular formula is C10H15N3O2. The number of ether oxygens (including phenoxy) is 1. The van der Waals surface area contributed by atoms with Crippen molar-refractivity contribution in [1.29, 1.82) is 5.26 Å². The van der Waals surface area contributed by atoms with Gasteiger partial charge in [0.25, 0.3) is 0 Å². The monoisotopic (exact) mass is 209 g/mol. The van der Waals surface area contributed by atoms with Gasteiger partial charge in [-0.15, -0.1) is 0 Å².